The van der Waals surface area contributed by atoms with Crippen molar-refractivity contribution in [3.05, 3.63) is 24.3 Å². The van der Waals surface area contributed by atoms with Crippen LogP contribution in [0.15, 0.2) is 34.3 Å². The molecule has 0 radical (unpaired) electrons. The van der Waals surface area contributed by atoms with Crippen molar-refractivity contribution in [2.24, 2.45) is 0 Å². The molecule has 0 unspecified atom stereocenters. The number of carboxylic acids is 1. The second kappa shape index (κ2) is 6.31. The van der Waals surface area contributed by atoms with Crippen molar-refractivity contribution in [2.45, 2.75) is 16.6 Å². The Morgan fingerprint density at radius 1 is 1.30 bits per heavy atom. The molecule has 9 nitrogen and oxygen atoms in total. The van der Waals surface area contributed by atoms with E-state index in [9.17, 15) is 18.3 Å². The first-order chi connectivity index (χ1) is 8.91. The summed E-state index contributed by atoms with van der Waals surface area (Å²) in [4.78, 5) is 10.4. The second-order valence-corrected chi connectivity index (χ2v) is 5.41. The number of aromatic nitrogens is 4. The van der Waals surface area contributed by atoms with Crippen LogP contribution in [0.1, 0.15) is 0 Å². The molecule has 2 aromatic rings. The number of benzene rings is 1. The molecule has 0 bridgehead atoms. The monoisotopic (exact) mass is 305 g/mol. The molecule has 0 aliphatic heterocycles. The Labute approximate surface area is 136 Å². The van der Waals surface area contributed by atoms with Gasteiger partial charge in [0.05, 0.1) is 17.4 Å². The normalized spacial score (nSPS) is 10.8. The minimum absolute atomic E-state index is 0. The average molecular weight is 305 g/mol. The van der Waals surface area contributed by atoms with Gasteiger partial charge in [0.2, 0.25) is 9.84 Å². The van der Waals surface area contributed by atoms with Crippen LogP contribution in [0.5, 0.6) is 0 Å². The molecule has 2 N–H and O–H groups in total. The molecule has 1 aromatic carbocycles. The standard InChI is InChI=1S/C9H9N5O4S.Na/c10-6-1-3-7(4-2-6)19(17,18)9-11-12-13-14(9)5-8(15)16;/h1-4H,5,10H2,(H,15,16);/q;+1/p-1. The Morgan fingerprint density at radius 3 is 2.45 bits per heavy atom. The molecule has 1 heterocycles. The third-order valence-corrected chi connectivity index (χ3v) is 3.87. The molecule has 0 amide bonds. The van der Waals surface area contributed by atoms with Gasteiger partial charge in [-0.25, -0.2) is 13.1 Å². The molecule has 0 fully saturated rings. The summed E-state index contributed by atoms with van der Waals surface area (Å²) in [6, 6.07) is 5.37. The van der Waals surface area contributed by atoms with Crippen LogP contribution in [0.2, 0.25) is 0 Å². The number of aliphatic carboxylic acids is 1. The zero-order valence-electron chi connectivity index (χ0n) is 10.4. The van der Waals surface area contributed by atoms with Gasteiger partial charge in [-0.1, -0.05) is 5.10 Å². The second-order valence-electron chi connectivity index (χ2n) is 3.56. The number of tetrazole rings is 1. The maximum absolute atomic E-state index is 12.2. The zero-order chi connectivity index (χ0) is 14.0. The Morgan fingerprint density at radius 2 is 1.90 bits per heavy atom. The molecule has 0 atom stereocenters. The number of nitrogens with two attached hydrogens (primary N) is 1. The fraction of sp³-hybridized carbons (Fsp3) is 0.111. The fourth-order valence-corrected chi connectivity index (χ4v) is 2.59. The van der Waals surface area contributed by atoms with E-state index in [4.69, 9.17) is 5.73 Å². The van der Waals surface area contributed by atoms with E-state index in [0.29, 0.717) is 10.4 Å². The van der Waals surface area contributed by atoms with Gasteiger partial charge in [-0.05, 0) is 34.7 Å². The summed E-state index contributed by atoms with van der Waals surface area (Å²) in [5, 5.41) is 19.7. The summed E-state index contributed by atoms with van der Waals surface area (Å²) in [6.07, 6.45) is 0. The molecule has 0 aliphatic rings. The number of carbonyl (C=O) groups excluding carboxylic acids is 1. The van der Waals surface area contributed by atoms with Crippen LogP contribution >= 0.6 is 0 Å². The number of nitrogen functional groups attached to an aromatic ring is 1. The van der Waals surface area contributed by atoms with Crippen molar-refractivity contribution in [2.75, 3.05) is 5.73 Å². The van der Waals surface area contributed by atoms with Crippen LogP contribution < -0.4 is 40.4 Å². The minimum atomic E-state index is -4.01. The van der Waals surface area contributed by atoms with Crippen molar-refractivity contribution < 1.29 is 47.9 Å². The number of hydrogen-bond donors (Lipinski definition) is 1. The smallest absolute Gasteiger partial charge is 0.548 e. The number of rotatable bonds is 4. The predicted molar refractivity (Wildman–Crippen MR) is 59.1 cm³/mol. The first-order valence-corrected chi connectivity index (χ1v) is 6.46. The average Bonchev–Trinajstić information content (AvgIpc) is 2.77. The largest absolute Gasteiger partial charge is 1.00 e. The van der Waals surface area contributed by atoms with E-state index >= 15 is 0 Å². The van der Waals surface area contributed by atoms with Crippen molar-refractivity contribution in [1.82, 2.24) is 20.2 Å². The zero-order valence-corrected chi connectivity index (χ0v) is 13.2. The molecule has 0 aliphatic carbocycles. The molecule has 2 rings (SSSR count). The number of carbonyl (C=O) groups is 1. The Kier molecular flexibility index (Phi) is 5.22. The summed E-state index contributed by atoms with van der Waals surface area (Å²) in [5.74, 6) is -1.50. The van der Waals surface area contributed by atoms with Gasteiger partial charge >= 0.3 is 29.6 Å². The summed E-state index contributed by atoms with van der Waals surface area (Å²) in [5.41, 5.74) is 5.85. The summed E-state index contributed by atoms with van der Waals surface area (Å²) in [6.45, 7) is -0.753. The quantitative estimate of drug-likeness (QED) is 0.436. The van der Waals surface area contributed by atoms with Crippen LogP contribution in [-0.2, 0) is 21.2 Å². The van der Waals surface area contributed by atoms with Crippen LogP contribution in [0.25, 0.3) is 0 Å². The SMILES string of the molecule is Nc1ccc(S(=O)(=O)c2nnnn2CC(=O)[O-])cc1.[Na+]. The number of carboxylic acid groups (broad SMARTS) is 1. The fourth-order valence-electron chi connectivity index (χ4n) is 1.36. The van der Waals surface area contributed by atoms with Gasteiger partial charge in [0.15, 0.2) is 0 Å². The van der Waals surface area contributed by atoms with Crippen molar-refractivity contribution in [1.29, 1.82) is 0 Å². The van der Waals surface area contributed by atoms with E-state index in [1.807, 2.05) is 0 Å². The first-order valence-electron chi connectivity index (χ1n) is 4.98. The van der Waals surface area contributed by atoms with E-state index in [0.717, 1.165) is 0 Å². The van der Waals surface area contributed by atoms with Gasteiger partial charge < -0.3 is 15.6 Å². The number of sulfone groups is 1. The van der Waals surface area contributed by atoms with Gasteiger partial charge in [-0.2, -0.15) is 0 Å². The minimum Gasteiger partial charge on any atom is -0.548 e. The summed E-state index contributed by atoms with van der Waals surface area (Å²) in [7, 11) is -4.01. The van der Waals surface area contributed by atoms with E-state index in [1.165, 1.54) is 24.3 Å². The van der Waals surface area contributed by atoms with E-state index in [1.54, 1.807) is 0 Å². The van der Waals surface area contributed by atoms with Gasteiger partial charge in [0.1, 0.15) is 0 Å². The third kappa shape index (κ3) is 3.33. The Balaban J connectivity index is 0.00000200. The van der Waals surface area contributed by atoms with Gasteiger partial charge in [-0.15, -0.1) is 0 Å². The molecule has 1 aromatic heterocycles. The van der Waals surface area contributed by atoms with Crippen molar-refractivity contribution in [3.63, 3.8) is 0 Å². The van der Waals surface area contributed by atoms with Gasteiger partial charge in [0.25, 0.3) is 5.16 Å². The van der Waals surface area contributed by atoms with Crippen molar-refractivity contribution >= 4 is 21.5 Å². The summed E-state index contributed by atoms with van der Waals surface area (Å²) < 4.78 is 25.0. The van der Waals surface area contributed by atoms with Crippen LogP contribution in [0.3, 0.4) is 0 Å². The Hall–Kier alpha value is -1.49. The molecular weight excluding hydrogens is 297 g/mol. The number of nitrogens with zero attached hydrogens (tertiary/aromatic N) is 4. The molecule has 100 valence electrons. The molecule has 11 heteroatoms. The van der Waals surface area contributed by atoms with E-state index in [2.05, 4.69) is 15.5 Å². The maximum atomic E-state index is 12.2. The first kappa shape index (κ1) is 16.6. The van der Waals surface area contributed by atoms with Gasteiger partial charge in [-0.3, -0.25) is 0 Å². The number of anilines is 1. The third-order valence-electron chi connectivity index (χ3n) is 2.21. The maximum Gasteiger partial charge on any atom is 1.00 e. The predicted octanol–water partition coefficient (Wildman–Crippen LogP) is -5.16. The topological polar surface area (TPSA) is 144 Å². The molecule has 20 heavy (non-hydrogen) atoms. The van der Waals surface area contributed by atoms with E-state index < -0.39 is 27.5 Å². The van der Waals surface area contributed by atoms with Crippen LogP contribution in [0.4, 0.5) is 5.69 Å². The molecular formula is C9H8N5NaO4S. The summed E-state index contributed by atoms with van der Waals surface area (Å²) >= 11 is 0. The number of hydrogen-bond acceptors (Lipinski definition) is 8. The Bertz CT molecular complexity index is 712. The van der Waals surface area contributed by atoms with Crippen LogP contribution in [-0.4, -0.2) is 34.6 Å². The molecule has 0 saturated heterocycles. The molecule has 0 spiro atoms. The molecule has 0 saturated carbocycles. The van der Waals surface area contributed by atoms with Crippen LogP contribution in [0, 0.1) is 0 Å². The van der Waals surface area contributed by atoms with E-state index in [-0.39, 0.29) is 34.5 Å². The van der Waals surface area contributed by atoms with Gasteiger partial charge in [0, 0.05) is 5.69 Å². The van der Waals surface area contributed by atoms with Crippen molar-refractivity contribution in [3.8, 4) is 0 Å².